The summed E-state index contributed by atoms with van der Waals surface area (Å²) in [6.45, 7) is 0. The van der Waals surface area contributed by atoms with Crippen molar-refractivity contribution in [2.75, 3.05) is 0 Å². The monoisotopic (exact) mass is 397 g/mol. The number of nitro benzene ring substituents is 1. The maximum Gasteiger partial charge on any atom is 0.307 e. The number of H-pyrrole nitrogens is 1. The molecule has 0 aliphatic heterocycles. The average molecular weight is 397 g/mol. The predicted molar refractivity (Wildman–Crippen MR) is 105 cm³/mol. The van der Waals surface area contributed by atoms with Gasteiger partial charge in [-0.2, -0.15) is 5.10 Å². The summed E-state index contributed by atoms with van der Waals surface area (Å²) in [7, 11) is 0. The first-order chi connectivity index (χ1) is 13.5. The molecule has 2 heterocycles. The van der Waals surface area contributed by atoms with Gasteiger partial charge in [0, 0.05) is 17.0 Å². The maximum atomic E-state index is 12.5. The number of rotatable bonds is 4. The molecule has 1 amide bonds. The van der Waals surface area contributed by atoms with Gasteiger partial charge in [-0.05, 0) is 48.9 Å². The molecule has 0 saturated carbocycles. The first-order valence-corrected chi connectivity index (χ1v) is 9.47. The van der Waals surface area contributed by atoms with Crippen molar-refractivity contribution in [2.45, 2.75) is 25.7 Å². The highest BCUT2D eigenvalue weighted by Gasteiger charge is 2.21. The van der Waals surface area contributed by atoms with E-state index in [0.717, 1.165) is 31.2 Å². The van der Waals surface area contributed by atoms with Crippen LogP contribution in [0.25, 0.3) is 10.2 Å². The molecule has 0 atom stereocenters. The lowest BCUT2D eigenvalue weighted by atomic mass is 9.97. The third-order valence-corrected chi connectivity index (χ3v) is 5.71. The minimum Gasteiger partial charge on any atom is -0.302 e. The van der Waals surface area contributed by atoms with Gasteiger partial charge in [0.2, 0.25) is 5.82 Å². The third kappa shape index (κ3) is 3.41. The van der Waals surface area contributed by atoms with E-state index < -0.39 is 10.8 Å². The molecule has 0 unspecified atom stereocenters. The van der Waals surface area contributed by atoms with Crippen LogP contribution in [0.3, 0.4) is 0 Å². The Bertz CT molecular complexity index is 1160. The lowest BCUT2D eigenvalue weighted by Crippen LogP contribution is -2.24. The molecular weight excluding hydrogens is 382 g/mol. The number of aromatic amines is 1. The molecule has 4 rings (SSSR count). The van der Waals surface area contributed by atoms with Crippen LogP contribution in [0.5, 0.6) is 0 Å². The number of hydrogen-bond donors (Lipinski definition) is 2. The summed E-state index contributed by atoms with van der Waals surface area (Å²) >= 11 is 1.47. The number of fused-ring (bicyclic) bond motifs is 3. The van der Waals surface area contributed by atoms with Gasteiger partial charge in [0.1, 0.15) is 4.83 Å². The number of hydrazone groups is 1. The van der Waals surface area contributed by atoms with Crippen LogP contribution in [0.15, 0.2) is 34.2 Å². The van der Waals surface area contributed by atoms with Crippen LogP contribution in [0.1, 0.15) is 39.5 Å². The number of thiophene rings is 1. The normalized spacial score (nSPS) is 13.6. The van der Waals surface area contributed by atoms with E-state index in [2.05, 4.69) is 20.5 Å². The zero-order valence-electron chi connectivity index (χ0n) is 14.6. The molecule has 0 fully saturated rings. The second kappa shape index (κ2) is 7.31. The van der Waals surface area contributed by atoms with Crippen molar-refractivity contribution in [1.82, 2.24) is 15.4 Å². The number of aromatic nitrogens is 2. The predicted octanol–water partition coefficient (Wildman–Crippen LogP) is 2.54. The molecular formula is C18H15N5O4S. The lowest BCUT2D eigenvalue weighted by molar-refractivity contribution is -0.384. The van der Waals surface area contributed by atoms with E-state index in [9.17, 15) is 19.7 Å². The van der Waals surface area contributed by atoms with E-state index in [4.69, 9.17) is 0 Å². The molecule has 3 aromatic rings. The Morgan fingerprint density at radius 1 is 1.29 bits per heavy atom. The van der Waals surface area contributed by atoms with E-state index in [-0.39, 0.29) is 17.1 Å². The zero-order valence-corrected chi connectivity index (χ0v) is 15.4. The van der Waals surface area contributed by atoms with Crippen LogP contribution in [0.2, 0.25) is 0 Å². The number of aryl methyl sites for hydroxylation is 2. The van der Waals surface area contributed by atoms with Crippen LogP contribution < -0.4 is 11.0 Å². The van der Waals surface area contributed by atoms with Crippen molar-refractivity contribution in [3.63, 3.8) is 0 Å². The minimum absolute atomic E-state index is 0.0325. The van der Waals surface area contributed by atoms with Crippen molar-refractivity contribution >= 4 is 39.4 Å². The molecule has 1 aliphatic carbocycles. The molecule has 2 N–H and O–H groups in total. The molecule has 1 aliphatic rings. The Labute approximate surface area is 162 Å². The number of benzene rings is 1. The Balaban J connectivity index is 1.52. The van der Waals surface area contributed by atoms with Crippen LogP contribution in [-0.4, -0.2) is 27.0 Å². The number of nitrogens with one attached hydrogen (secondary N) is 2. The fraction of sp³-hybridized carbons (Fsp3) is 0.222. The van der Waals surface area contributed by atoms with Gasteiger partial charge in [-0.15, -0.1) is 11.3 Å². The summed E-state index contributed by atoms with van der Waals surface area (Å²) in [5.41, 5.74) is 3.60. The molecule has 2 aromatic heterocycles. The molecule has 142 valence electrons. The third-order valence-electron chi connectivity index (χ3n) is 4.52. The standard InChI is InChI=1S/C18H15N5O4S/c24-16-14-12-3-1-2-4-13(12)28-18(14)21-15(20-16)17(25)22-19-9-10-5-7-11(8-6-10)23(26)27/h5-9H,1-4H2,(H,22,25)(H,20,21,24)/b19-9-. The summed E-state index contributed by atoms with van der Waals surface area (Å²) in [6, 6.07) is 5.70. The quantitative estimate of drug-likeness (QED) is 0.397. The molecule has 0 saturated heterocycles. The molecule has 28 heavy (non-hydrogen) atoms. The minimum atomic E-state index is -0.636. The molecule has 9 nitrogen and oxygen atoms in total. The summed E-state index contributed by atoms with van der Waals surface area (Å²) in [6.07, 6.45) is 5.31. The topological polar surface area (TPSA) is 130 Å². The van der Waals surface area contributed by atoms with Gasteiger partial charge < -0.3 is 4.98 Å². The Morgan fingerprint density at radius 2 is 2.04 bits per heavy atom. The fourth-order valence-electron chi connectivity index (χ4n) is 3.17. The first-order valence-electron chi connectivity index (χ1n) is 8.65. The van der Waals surface area contributed by atoms with Crippen molar-refractivity contribution in [2.24, 2.45) is 5.10 Å². The zero-order chi connectivity index (χ0) is 19.7. The Hall–Kier alpha value is -3.40. The highest BCUT2D eigenvalue weighted by molar-refractivity contribution is 7.18. The van der Waals surface area contributed by atoms with Crippen LogP contribution in [0.4, 0.5) is 5.69 Å². The second-order valence-electron chi connectivity index (χ2n) is 6.35. The smallest absolute Gasteiger partial charge is 0.302 e. The summed E-state index contributed by atoms with van der Waals surface area (Å²) in [4.78, 5) is 43.5. The van der Waals surface area contributed by atoms with Crippen LogP contribution in [0, 0.1) is 10.1 Å². The van der Waals surface area contributed by atoms with Crippen molar-refractivity contribution in [3.05, 3.63) is 66.6 Å². The van der Waals surface area contributed by atoms with Gasteiger partial charge in [0.05, 0.1) is 16.5 Å². The fourth-order valence-corrected chi connectivity index (χ4v) is 4.43. The average Bonchev–Trinajstić information content (AvgIpc) is 3.07. The Morgan fingerprint density at radius 3 is 2.79 bits per heavy atom. The SMILES string of the molecule is O=C(N/N=C\c1ccc([N+](=O)[O-])cc1)c1nc2sc3c(c2c(=O)[nH]1)CCCC3. The van der Waals surface area contributed by atoms with E-state index in [1.54, 1.807) is 0 Å². The number of hydrogen-bond acceptors (Lipinski definition) is 7. The highest BCUT2D eigenvalue weighted by atomic mass is 32.1. The summed E-state index contributed by atoms with van der Waals surface area (Å²) in [5.74, 6) is -0.736. The molecule has 0 bridgehead atoms. The van der Waals surface area contributed by atoms with Gasteiger partial charge in [-0.25, -0.2) is 10.4 Å². The van der Waals surface area contributed by atoms with E-state index in [0.29, 0.717) is 15.8 Å². The summed E-state index contributed by atoms with van der Waals surface area (Å²) < 4.78 is 0. The van der Waals surface area contributed by atoms with E-state index in [1.165, 1.54) is 46.7 Å². The molecule has 10 heteroatoms. The number of non-ortho nitro benzene ring substituents is 1. The first kappa shape index (κ1) is 18.0. The highest BCUT2D eigenvalue weighted by Crippen LogP contribution is 2.33. The molecule has 0 spiro atoms. The van der Waals surface area contributed by atoms with Gasteiger partial charge in [-0.3, -0.25) is 19.7 Å². The number of nitro groups is 1. The number of carbonyl (C=O) groups excluding carboxylic acids is 1. The number of carbonyl (C=O) groups is 1. The van der Waals surface area contributed by atoms with E-state index >= 15 is 0 Å². The van der Waals surface area contributed by atoms with Gasteiger partial charge in [0.25, 0.3) is 11.2 Å². The largest absolute Gasteiger partial charge is 0.307 e. The maximum absolute atomic E-state index is 12.5. The molecule has 1 aromatic carbocycles. The molecule has 0 radical (unpaired) electrons. The van der Waals surface area contributed by atoms with Crippen molar-refractivity contribution in [1.29, 1.82) is 0 Å². The van der Waals surface area contributed by atoms with Crippen molar-refractivity contribution in [3.8, 4) is 0 Å². The number of amides is 1. The van der Waals surface area contributed by atoms with Crippen molar-refractivity contribution < 1.29 is 9.72 Å². The summed E-state index contributed by atoms with van der Waals surface area (Å²) in [5, 5.41) is 15.0. The van der Waals surface area contributed by atoms with Gasteiger partial charge in [-0.1, -0.05) is 0 Å². The van der Waals surface area contributed by atoms with E-state index in [1.807, 2.05) is 0 Å². The van der Waals surface area contributed by atoms with Crippen LogP contribution in [-0.2, 0) is 12.8 Å². The number of nitrogens with zero attached hydrogens (tertiary/aromatic N) is 3. The van der Waals surface area contributed by atoms with Gasteiger partial charge >= 0.3 is 5.91 Å². The lowest BCUT2D eigenvalue weighted by Gasteiger charge is -2.09. The van der Waals surface area contributed by atoms with Gasteiger partial charge in [0.15, 0.2) is 0 Å². The van der Waals surface area contributed by atoms with Crippen LogP contribution >= 0.6 is 11.3 Å². The second-order valence-corrected chi connectivity index (χ2v) is 7.44. The Kier molecular flexibility index (Phi) is 4.70.